The lowest BCUT2D eigenvalue weighted by molar-refractivity contribution is -0.384. The standard InChI is InChI=1S/C31H26Cl2N4O3S/c1-17-12-19(16-41-22-9-6-20(32)7-10-22)18(2)23(13-17)29-24(15-34)31(35)36(27-4-3-5-28(38)30(27)29)26-11-8-21(37(39)40)14-25(26)33/h6-14,29H,3-5,16,35H2,1-2H3. The van der Waals surface area contributed by atoms with Gasteiger partial charge in [-0.05, 0) is 73.7 Å². The number of hydrogen-bond donors (Lipinski definition) is 1. The molecular formula is C31H26Cl2N4O3S. The molecule has 208 valence electrons. The van der Waals surface area contributed by atoms with Crippen LogP contribution < -0.4 is 10.6 Å². The highest BCUT2D eigenvalue weighted by Crippen LogP contribution is 2.49. The van der Waals surface area contributed by atoms with Crippen LogP contribution in [0.25, 0.3) is 0 Å². The van der Waals surface area contributed by atoms with Gasteiger partial charge in [0, 0.05) is 45.5 Å². The molecule has 1 unspecified atom stereocenters. The second-order valence-electron chi connectivity index (χ2n) is 10.1. The molecule has 1 aliphatic carbocycles. The number of hydrogen-bond acceptors (Lipinski definition) is 7. The fraction of sp³-hybridized carbons (Fsp3) is 0.226. The van der Waals surface area contributed by atoms with Crippen molar-refractivity contribution in [3.05, 3.63) is 120 Å². The SMILES string of the molecule is Cc1cc(CSc2ccc(Cl)cc2)c(C)c(C2C(C#N)=C(N)N(c3ccc([N+](=O)[O-])cc3Cl)C3=C2C(=O)CCC3)c1. The predicted molar refractivity (Wildman–Crippen MR) is 163 cm³/mol. The quantitative estimate of drug-likeness (QED) is 0.172. The Kier molecular flexibility index (Phi) is 8.14. The summed E-state index contributed by atoms with van der Waals surface area (Å²) in [4.78, 5) is 27.1. The van der Waals surface area contributed by atoms with Crippen molar-refractivity contribution >= 4 is 52.1 Å². The summed E-state index contributed by atoms with van der Waals surface area (Å²) in [5, 5.41) is 22.5. The van der Waals surface area contributed by atoms with E-state index in [4.69, 9.17) is 28.9 Å². The molecular weight excluding hydrogens is 579 g/mol. The van der Waals surface area contributed by atoms with Crippen LogP contribution in [0.3, 0.4) is 0 Å². The normalized spacial score (nSPS) is 17.0. The number of nitrogens with two attached hydrogens (primary N) is 1. The van der Waals surface area contributed by atoms with E-state index in [9.17, 15) is 20.2 Å². The van der Waals surface area contributed by atoms with Crippen molar-refractivity contribution in [2.75, 3.05) is 4.90 Å². The first-order valence-corrected chi connectivity index (χ1v) is 14.7. The number of Topliss-reactive ketones (excluding diaryl/α,β-unsaturated/α-hetero) is 1. The fourth-order valence-corrected chi connectivity index (χ4v) is 6.90. The number of ketones is 1. The molecule has 3 aromatic rings. The van der Waals surface area contributed by atoms with Crippen molar-refractivity contribution in [1.82, 2.24) is 0 Å². The van der Waals surface area contributed by atoms with E-state index < -0.39 is 10.8 Å². The Labute approximate surface area is 252 Å². The van der Waals surface area contributed by atoms with Crippen LogP contribution in [0.5, 0.6) is 0 Å². The Morgan fingerprint density at radius 1 is 1.12 bits per heavy atom. The Balaban J connectivity index is 1.64. The summed E-state index contributed by atoms with van der Waals surface area (Å²) < 4.78 is 0. The highest BCUT2D eigenvalue weighted by atomic mass is 35.5. The Morgan fingerprint density at radius 2 is 1.85 bits per heavy atom. The summed E-state index contributed by atoms with van der Waals surface area (Å²) in [6.07, 6.45) is 1.53. The smallest absolute Gasteiger partial charge is 0.271 e. The first-order chi connectivity index (χ1) is 19.6. The minimum Gasteiger partial charge on any atom is -0.384 e. The molecule has 0 spiro atoms. The summed E-state index contributed by atoms with van der Waals surface area (Å²) in [6, 6.07) is 18.2. The van der Waals surface area contributed by atoms with Gasteiger partial charge in [0.05, 0.1) is 33.2 Å². The fourth-order valence-electron chi connectivity index (χ4n) is 5.57. The van der Waals surface area contributed by atoms with Gasteiger partial charge in [0.25, 0.3) is 5.69 Å². The Hall–Kier alpha value is -3.77. The molecule has 0 saturated heterocycles. The van der Waals surface area contributed by atoms with Gasteiger partial charge < -0.3 is 5.73 Å². The zero-order valence-corrected chi connectivity index (χ0v) is 24.7. The third-order valence-corrected chi connectivity index (χ3v) is 9.13. The number of allylic oxidation sites excluding steroid dienone is 3. The highest BCUT2D eigenvalue weighted by molar-refractivity contribution is 7.98. The molecule has 10 heteroatoms. The number of thioether (sulfide) groups is 1. The zero-order chi connectivity index (χ0) is 29.4. The number of nitro benzene ring substituents is 1. The number of rotatable bonds is 6. The van der Waals surface area contributed by atoms with Crippen LogP contribution in [0.15, 0.2) is 82.2 Å². The molecule has 2 aliphatic rings. The van der Waals surface area contributed by atoms with E-state index in [0.717, 1.165) is 27.1 Å². The van der Waals surface area contributed by atoms with Crippen molar-refractivity contribution in [2.24, 2.45) is 5.73 Å². The molecule has 1 atom stereocenters. The summed E-state index contributed by atoms with van der Waals surface area (Å²) >= 11 is 14.2. The molecule has 1 heterocycles. The number of carbonyl (C=O) groups excluding carboxylic acids is 1. The number of non-ortho nitro benzene ring substituents is 1. The van der Waals surface area contributed by atoms with Crippen LogP contribution in [0.2, 0.25) is 10.0 Å². The largest absolute Gasteiger partial charge is 0.384 e. The lowest BCUT2D eigenvalue weighted by Crippen LogP contribution is -2.39. The van der Waals surface area contributed by atoms with Gasteiger partial charge in [-0.15, -0.1) is 11.8 Å². The van der Waals surface area contributed by atoms with E-state index in [1.54, 1.807) is 16.7 Å². The first kappa shape index (κ1) is 28.7. The number of nitrogens with zero attached hydrogens (tertiary/aromatic N) is 3. The highest BCUT2D eigenvalue weighted by Gasteiger charge is 2.41. The number of anilines is 1. The van der Waals surface area contributed by atoms with E-state index in [0.29, 0.717) is 47.0 Å². The molecule has 7 nitrogen and oxygen atoms in total. The maximum atomic E-state index is 13.6. The Bertz CT molecular complexity index is 1690. The molecule has 3 aromatic carbocycles. The maximum Gasteiger partial charge on any atom is 0.271 e. The summed E-state index contributed by atoms with van der Waals surface area (Å²) in [7, 11) is 0. The number of benzene rings is 3. The molecule has 0 aromatic heterocycles. The minimum atomic E-state index is -0.630. The van der Waals surface area contributed by atoms with Gasteiger partial charge in [-0.2, -0.15) is 5.26 Å². The number of halogens is 2. The van der Waals surface area contributed by atoms with Crippen LogP contribution in [0, 0.1) is 35.3 Å². The van der Waals surface area contributed by atoms with E-state index in [-0.39, 0.29) is 27.9 Å². The number of nitriles is 1. The van der Waals surface area contributed by atoms with Crippen LogP contribution in [-0.4, -0.2) is 10.7 Å². The minimum absolute atomic E-state index is 0.0440. The zero-order valence-electron chi connectivity index (χ0n) is 22.4. The number of aryl methyl sites for hydroxylation is 1. The molecule has 2 N–H and O–H groups in total. The van der Waals surface area contributed by atoms with Crippen molar-refractivity contribution in [1.29, 1.82) is 5.26 Å². The van der Waals surface area contributed by atoms with Crippen molar-refractivity contribution in [3.63, 3.8) is 0 Å². The molecule has 0 saturated carbocycles. The van der Waals surface area contributed by atoms with Crippen LogP contribution in [0.1, 0.15) is 47.4 Å². The molecule has 5 rings (SSSR count). The van der Waals surface area contributed by atoms with Crippen LogP contribution >= 0.6 is 35.0 Å². The third kappa shape index (κ3) is 5.45. The van der Waals surface area contributed by atoms with E-state index in [1.165, 1.54) is 18.2 Å². The number of nitro groups is 1. The van der Waals surface area contributed by atoms with Gasteiger partial charge in [-0.1, -0.05) is 40.9 Å². The van der Waals surface area contributed by atoms with Crippen molar-refractivity contribution in [3.8, 4) is 6.07 Å². The van der Waals surface area contributed by atoms with E-state index in [2.05, 4.69) is 12.1 Å². The average molecular weight is 606 g/mol. The van der Waals surface area contributed by atoms with Gasteiger partial charge in [-0.25, -0.2) is 0 Å². The predicted octanol–water partition coefficient (Wildman–Crippen LogP) is 8.12. The lowest BCUT2D eigenvalue weighted by Gasteiger charge is -2.40. The molecule has 41 heavy (non-hydrogen) atoms. The monoisotopic (exact) mass is 604 g/mol. The van der Waals surface area contributed by atoms with Crippen molar-refractivity contribution < 1.29 is 9.72 Å². The topological polar surface area (TPSA) is 113 Å². The molecule has 1 aliphatic heterocycles. The summed E-state index contributed by atoms with van der Waals surface area (Å²) in [6.45, 7) is 4.02. The second-order valence-corrected chi connectivity index (χ2v) is 12.0. The molecule has 0 bridgehead atoms. The first-order valence-electron chi connectivity index (χ1n) is 13.0. The molecule has 0 radical (unpaired) electrons. The Morgan fingerprint density at radius 3 is 2.51 bits per heavy atom. The van der Waals surface area contributed by atoms with E-state index >= 15 is 0 Å². The van der Waals surface area contributed by atoms with Gasteiger partial charge >= 0.3 is 0 Å². The van der Waals surface area contributed by atoms with Gasteiger partial charge in [0.1, 0.15) is 5.82 Å². The van der Waals surface area contributed by atoms with Crippen molar-refractivity contribution in [2.45, 2.75) is 49.7 Å². The molecule has 0 amide bonds. The second kappa shape index (κ2) is 11.6. The lowest BCUT2D eigenvalue weighted by atomic mass is 9.73. The summed E-state index contributed by atoms with van der Waals surface area (Å²) in [5.74, 6) is 0.188. The van der Waals surface area contributed by atoms with Gasteiger partial charge in [0.2, 0.25) is 0 Å². The van der Waals surface area contributed by atoms with Gasteiger partial charge in [0.15, 0.2) is 5.78 Å². The molecule has 0 fully saturated rings. The van der Waals surface area contributed by atoms with Crippen LogP contribution in [0.4, 0.5) is 11.4 Å². The van der Waals surface area contributed by atoms with Gasteiger partial charge in [-0.3, -0.25) is 19.8 Å². The number of carbonyl (C=O) groups is 1. The van der Waals surface area contributed by atoms with E-state index in [1.807, 2.05) is 44.2 Å². The summed E-state index contributed by atoms with van der Waals surface area (Å²) in [5.41, 5.74) is 12.4. The van der Waals surface area contributed by atoms with Crippen LogP contribution in [-0.2, 0) is 10.5 Å². The average Bonchev–Trinajstić information content (AvgIpc) is 2.94. The maximum absolute atomic E-state index is 13.6. The third-order valence-electron chi connectivity index (χ3n) is 7.52.